The number of imide groups is 1. The van der Waals surface area contributed by atoms with E-state index in [1.807, 2.05) is 0 Å². The number of carbonyl (C=O) groups is 3. The number of nitrogens with one attached hydrogen (secondary N) is 1. The zero-order valence-corrected chi connectivity index (χ0v) is 10.7. The number of nitrogens with two attached hydrogens (primary N) is 1. The lowest BCUT2D eigenvalue weighted by Gasteiger charge is -2.27. The van der Waals surface area contributed by atoms with Crippen molar-refractivity contribution in [3.8, 4) is 0 Å². The Morgan fingerprint density at radius 1 is 1.25 bits per heavy atom. The molecule has 0 saturated carbocycles. The summed E-state index contributed by atoms with van der Waals surface area (Å²) in [6.07, 6.45) is 0. The van der Waals surface area contributed by atoms with Crippen LogP contribution in [0.15, 0.2) is 24.3 Å². The minimum absolute atomic E-state index is 0.0132. The number of amides is 2. The summed E-state index contributed by atoms with van der Waals surface area (Å²) in [6, 6.07) is 6.68. The monoisotopic (exact) mass is 277 g/mol. The zero-order valence-electron chi connectivity index (χ0n) is 10.7. The SMILES string of the molecule is NCC(C(=O)O)c1ccc(N2CC(=O)NC(=O)C2)cc1. The molecule has 0 aromatic heterocycles. The molecule has 0 radical (unpaired) electrons. The van der Waals surface area contributed by atoms with Crippen molar-refractivity contribution in [3.63, 3.8) is 0 Å². The van der Waals surface area contributed by atoms with Crippen molar-refractivity contribution in [1.82, 2.24) is 5.32 Å². The summed E-state index contributed by atoms with van der Waals surface area (Å²) in [5.74, 6) is -2.44. The molecule has 1 heterocycles. The Hall–Kier alpha value is -2.41. The number of carboxylic acid groups (broad SMARTS) is 1. The third-order valence-corrected chi connectivity index (χ3v) is 3.14. The number of anilines is 1. The van der Waals surface area contributed by atoms with Gasteiger partial charge in [-0.05, 0) is 17.7 Å². The molecule has 1 aliphatic heterocycles. The topological polar surface area (TPSA) is 113 Å². The highest BCUT2D eigenvalue weighted by Crippen LogP contribution is 2.21. The van der Waals surface area contributed by atoms with Gasteiger partial charge in [-0.1, -0.05) is 12.1 Å². The molecule has 106 valence electrons. The van der Waals surface area contributed by atoms with Crippen LogP contribution in [0.1, 0.15) is 11.5 Å². The van der Waals surface area contributed by atoms with Gasteiger partial charge in [-0.15, -0.1) is 0 Å². The Kier molecular flexibility index (Phi) is 3.99. The molecule has 0 aliphatic carbocycles. The summed E-state index contributed by atoms with van der Waals surface area (Å²) in [6.45, 7) is 0.216. The summed E-state index contributed by atoms with van der Waals surface area (Å²) < 4.78 is 0. The quantitative estimate of drug-likeness (QED) is 0.626. The van der Waals surface area contributed by atoms with E-state index in [1.54, 1.807) is 29.2 Å². The van der Waals surface area contributed by atoms with Crippen LogP contribution in [0, 0.1) is 0 Å². The van der Waals surface area contributed by atoms with E-state index in [-0.39, 0.29) is 31.4 Å². The van der Waals surface area contributed by atoms with Gasteiger partial charge in [0.05, 0.1) is 19.0 Å². The Bertz CT molecular complexity index is 525. The molecule has 2 amide bonds. The molecule has 1 aliphatic rings. The second kappa shape index (κ2) is 5.70. The lowest BCUT2D eigenvalue weighted by atomic mass is 9.99. The second-order valence-corrected chi connectivity index (χ2v) is 4.55. The van der Waals surface area contributed by atoms with Gasteiger partial charge in [0.1, 0.15) is 0 Å². The molecule has 2 rings (SSSR count). The predicted octanol–water partition coefficient (Wildman–Crippen LogP) is -0.724. The molecule has 4 N–H and O–H groups in total. The molecule has 1 fully saturated rings. The minimum atomic E-state index is -0.979. The molecule has 1 atom stereocenters. The average molecular weight is 277 g/mol. The van der Waals surface area contributed by atoms with Crippen LogP contribution in [0.2, 0.25) is 0 Å². The number of rotatable bonds is 4. The van der Waals surface area contributed by atoms with E-state index in [0.717, 1.165) is 0 Å². The molecule has 0 bridgehead atoms. The van der Waals surface area contributed by atoms with Gasteiger partial charge in [-0.2, -0.15) is 0 Å². The van der Waals surface area contributed by atoms with Crippen molar-refractivity contribution in [2.45, 2.75) is 5.92 Å². The van der Waals surface area contributed by atoms with Gasteiger partial charge in [0.25, 0.3) is 0 Å². The van der Waals surface area contributed by atoms with Gasteiger partial charge in [0, 0.05) is 12.2 Å². The lowest BCUT2D eigenvalue weighted by Crippen LogP contribution is -2.51. The molecule has 1 saturated heterocycles. The van der Waals surface area contributed by atoms with Gasteiger partial charge in [0.2, 0.25) is 11.8 Å². The number of aliphatic carboxylic acids is 1. The van der Waals surface area contributed by atoms with E-state index < -0.39 is 11.9 Å². The molecule has 1 aromatic carbocycles. The third-order valence-electron chi connectivity index (χ3n) is 3.14. The summed E-state index contributed by atoms with van der Waals surface area (Å²) in [5, 5.41) is 11.2. The van der Waals surface area contributed by atoms with Crippen molar-refractivity contribution in [1.29, 1.82) is 0 Å². The molecule has 1 unspecified atom stereocenters. The first-order chi connectivity index (χ1) is 9.51. The molecule has 7 heteroatoms. The maximum Gasteiger partial charge on any atom is 0.312 e. The normalized spacial score (nSPS) is 16.8. The van der Waals surface area contributed by atoms with Crippen LogP contribution in [-0.4, -0.2) is 42.5 Å². The van der Waals surface area contributed by atoms with Crippen LogP contribution in [-0.2, 0) is 14.4 Å². The van der Waals surface area contributed by atoms with E-state index in [4.69, 9.17) is 10.8 Å². The Morgan fingerprint density at radius 3 is 2.25 bits per heavy atom. The van der Waals surface area contributed by atoms with Crippen LogP contribution in [0.4, 0.5) is 5.69 Å². The average Bonchev–Trinajstić information content (AvgIpc) is 2.38. The third kappa shape index (κ3) is 2.94. The largest absolute Gasteiger partial charge is 0.481 e. The first kappa shape index (κ1) is 14.0. The van der Waals surface area contributed by atoms with Crippen molar-refractivity contribution in [2.24, 2.45) is 5.73 Å². The number of nitrogens with zero attached hydrogens (tertiary/aromatic N) is 1. The number of carboxylic acids is 1. The van der Waals surface area contributed by atoms with Crippen molar-refractivity contribution in [2.75, 3.05) is 24.5 Å². The molecule has 1 aromatic rings. The summed E-state index contributed by atoms with van der Waals surface area (Å²) in [4.78, 5) is 35.2. The first-order valence-electron chi connectivity index (χ1n) is 6.11. The van der Waals surface area contributed by atoms with E-state index in [1.165, 1.54) is 0 Å². The van der Waals surface area contributed by atoms with Gasteiger partial charge in [-0.3, -0.25) is 19.7 Å². The van der Waals surface area contributed by atoms with Crippen LogP contribution in [0.25, 0.3) is 0 Å². The number of benzene rings is 1. The molecular weight excluding hydrogens is 262 g/mol. The Labute approximate surface area is 115 Å². The van der Waals surface area contributed by atoms with Gasteiger partial charge >= 0.3 is 5.97 Å². The maximum absolute atomic E-state index is 11.3. The fourth-order valence-electron chi connectivity index (χ4n) is 2.12. The van der Waals surface area contributed by atoms with Crippen LogP contribution < -0.4 is 16.0 Å². The zero-order chi connectivity index (χ0) is 14.7. The number of hydrogen-bond donors (Lipinski definition) is 3. The number of hydrogen-bond acceptors (Lipinski definition) is 5. The first-order valence-corrected chi connectivity index (χ1v) is 6.11. The van der Waals surface area contributed by atoms with Gasteiger partial charge in [-0.25, -0.2) is 0 Å². The highest BCUT2D eigenvalue weighted by molar-refractivity contribution is 6.02. The number of piperazine rings is 1. The highest BCUT2D eigenvalue weighted by Gasteiger charge is 2.23. The highest BCUT2D eigenvalue weighted by atomic mass is 16.4. The Balaban J connectivity index is 2.17. The van der Waals surface area contributed by atoms with Crippen molar-refractivity contribution in [3.05, 3.63) is 29.8 Å². The minimum Gasteiger partial charge on any atom is -0.481 e. The molecule has 20 heavy (non-hydrogen) atoms. The van der Waals surface area contributed by atoms with Crippen molar-refractivity contribution < 1.29 is 19.5 Å². The fraction of sp³-hybridized carbons (Fsp3) is 0.308. The van der Waals surface area contributed by atoms with Crippen molar-refractivity contribution >= 4 is 23.5 Å². The molecule has 7 nitrogen and oxygen atoms in total. The standard InChI is InChI=1S/C13H15N3O4/c14-5-10(13(19)20)8-1-3-9(4-2-8)16-6-11(17)15-12(18)7-16/h1-4,10H,5-7,14H2,(H,19,20)(H,15,17,18). The van der Waals surface area contributed by atoms with E-state index in [9.17, 15) is 14.4 Å². The summed E-state index contributed by atoms with van der Waals surface area (Å²) in [5.41, 5.74) is 6.72. The van der Waals surface area contributed by atoms with E-state index in [0.29, 0.717) is 11.3 Å². The molecule has 0 spiro atoms. The van der Waals surface area contributed by atoms with Crippen LogP contribution >= 0.6 is 0 Å². The maximum atomic E-state index is 11.3. The smallest absolute Gasteiger partial charge is 0.312 e. The van der Waals surface area contributed by atoms with E-state index >= 15 is 0 Å². The fourth-order valence-corrected chi connectivity index (χ4v) is 2.12. The summed E-state index contributed by atoms with van der Waals surface area (Å²) in [7, 11) is 0. The number of carbonyl (C=O) groups excluding carboxylic acids is 2. The van der Waals surface area contributed by atoms with E-state index in [2.05, 4.69) is 5.32 Å². The lowest BCUT2D eigenvalue weighted by molar-refractivity contribution is -0.138. The second-order valence-electron chi connectivity index (χ2n) is 4.55. The predicted molar refractivity (Wildman–Crippen MR) is 71.2 cm³/mol. The van der Waals surface area contributed by atoms with Crippen LogP contribution in [0.5, 0.6) is 0 Å². The Morgan fingerprint density at radius 2 is 1.80 bits per heavy atom. The van der Waals surface area contributed by atoms with Gasteiger partial charge < -0.3 is 15.7 Å². The van der Waals surface area contributed by atoms with Gasteiger partial charge in [0.15, 0.2) is 0 Å². The molecular formula is C13H15N3O4. The summed E-state index contributed by atoms with van der Waals surface area (Å²) >= 11 is 0. The van der Waals surface area contributed by atoms with Crippen LogP contribution in [0.3, 0.4) is 0 Å².